The molecule has 0 radical (unpaired) electrons. The summed E-state index contributed by atoms with van der Waals surface area (Å²) in [7, 11) is 0. The normalized spacial score (nSPS) is 16.4. The van der Waals surface area contributed by atoms with Crippen LogP contribution in [0.3, 0.4) is 0 Å². The third kappa shape index (κ3) is 9.45. The van der Waals surface area contributed by atoms with E-state index in [1.165, 1.54) is 19.3 Å². The van der Waals surface area contributed by atoms with E-state index >= 15 is 0 Å². The van der Waals surface area contributed by atoms with Crippen molar-refractivity contribution in [1.82, 2.24) is 0 Å². The zero-order chi connectivity index (χ0) is 15.1. The van der Waals surface area contributed by atoms with E-state index in [1.54, 1.807) is 0 Å². The van der Waals surface area contributed by atoms with Gasteiger partial charge < -0.3 is 10.2 Å². The van der Waals surface area contributed by atoms with Crippen LogP contribution in [0, 0.1) is 10.8 Å². The molecule has 0 bridgehead atoms. The SMILES string of the molecule is CC(C)(C)C(O)CCCCCCCC(O)C(C)(C)C. The summed E-state index contributed by atoms with van der Waals surface area (Å²) in [6.45, 7) is 12.5. The van der Waals surface area contributed by atoms with Crippen LogP contribution in [-0.4, -0.2) is 22.4 Å². The Morgan fingerprint density at radius 2 is 0.842 bits per heavy atom. The molecule has 0 spiro atoms. The van der Waals surface area contributed by atoms with Crippen LogP contribution in [0.15, 0.2) is 0 Å². The maximum absolute atomic E-state index is 9.92. The van der Waals surface area contributed by atoms with Crippen molar-refractivity contribution in [1.29, 1.82) is 0 Å². The summed E-state index contributed by atoms with van der Waals surface area (Å²) in [5.41, 5.74) is 0.0215. The summed E-state index contributed by atoms with van der Waals surface area (Å²) in [6, 6.07) is 0. The van der Waals surface area contributed by atoms with Crippen LogP contribution in [0.2, 0.25) is 0 Å². The van der Waals surface area contributed by atoms with Gasteiger partial charge in [-0.1, -0.05) is 73.6 Å². The molecule has 0 aliphatic carbocycles. The van der Waals surface area contributed by atoms with Gasteiger partial charge in [0.1, 0.15) is 0 Å². The monoisotopic (exact) mass is 272 g/mol. The minimum atomic E-state index is -0.185. The van der Waals surface area contributed by atoms with Gasteiger partial charge in [-0.25, -0.2) is 0 Å². The maximum atomic E-state index is 9.92. The summed E-state index contributed by atoms with van der Waals surface area (Å²) in [4.78, 5) is 0. The highest BCUT2D eigenvalue weighted by molar-refractivity contribution is 4.73. The van der Waals surface area contributed by atoms with Gasteiger partial charge >= 0.3 is 0 Å². The molecule has 2 atom stereocenters. The van der Waals surface area contributed by atoms with Gasteiger partial charge in [-0.2, -0.15) is 0 Å². The van der Waals surface area contributed by atoms with Gasteiger partial charge in [0.2, 0.25) is 0 Å². The van der Waals surface area contributed by atoms with Crippen LogP contribution >= 0.6 is 0 Å². The third-order valence-corrected chi connectivity index (χ3v) is 3.95. The molecule has 2 unspecified atom stereocenters. The maximum Gasteiger partial charge on any atom is 0.0588 e. The molecule has 0 heterocycles. The Hall–Kier alpha value is -0.0800. The Labute approximate surface area is 120 Å². The van der Waals surface area contributed by atoms with Crippen molar-refractivity contribution in [2.45, 2.75) is 98.7 Å². The van der Waals surface area contributed by atoms with Crippen LogP contribution in [0.4, 0.5) is 0 Å². The van der Waals surface area contributed by atoms with Crippen LogP contribution in [-0.2, 0) is 0 Å². The van der Waals surface area contributed by atoms with Crippen LogP contribution in [0.25, 0.3) is 0 Å². The third-order valence-electron chi connectivity index (χ3n) is 3.95. The van der Waals surface area contributed by atoms with E-state index in [1.807, 2.05) is 0 Å². The quantitative estimate of drug-likeness (QED) is 0.637. The van der Waals surface area contributed by atoms with E-state index < -0.39 is 0 Å². The molecule has 2 heteroatoms. The fourth-order valence-electron chi connectivity index (χ4n) is 2.07. The Morgan fingerprint density at radius 3 is 1.11 bits per heavy atom. The van der Waals surface area contributed by atoms with Crippen molar-refractivity contribution >= 4 is 0 Å². The topological polar surface area (TPSA) is 40.5 Å². The highest BCUT2D eigenvalue weighted by Gasteiger charge is 2.22. The van der Waals surface area contributed by atoms with Gasteiger partial charge in [0.05, 0.1) is 12.2 Å². The Bertz CT molecular complexity index is 198. The predicted molar refractivity (Wildman–Crippen MR) is 83.2 cm³/mol. The molecular formula is C17H36O2. The number of unbranched alkanes of at least 4 members (excludes halogenated alkanes) is 4. The van der Waals surface area contributed by atoms with E-state index in [-0.39, 0.29) is 23.0 Å². The van der Waals surface area contributed by atoms with Crippen molar-refractivity contribution in [3.8, 4) is 0 Å². The highest BCUT2D eigenvalue weighted by atomic mass is 16.3. The van der Waals surface area contributed by atoms with Gasteiger partial charge in [0.25, 0.3) is 0 Å². The summed E-state index contributed by atoms with van der Waals surface area (Å²) >= 11 is 0. The Kier molecular flexibility index (Phi) is 8.23. The van der Waals surface area contributed by atoms with Crippen molar-refractivity contribution in [2.75, 3.05) is 0 Å². The number of hydrogen-bond donors (Lipinski definition) is 2. The molecule has 0 saturated heterocycles. The molecule has 0 saturated carbocycles. The van der Waals surface area contributed by atoms with Crippen molar-refractivity contribution in [3.63, 3.8) is 0 Å². The fourth-order valence-corrected chi connectivity index (χ4v) is 2.07. The molecule has 2 nitrogen and oxygen atoms in total. The molecule has 0 aromatic carbocycles. The van der Waals surface area contributed by atoms with Crippen molar-refractivity contribution in [3.05, 3.63) is 0 Å². The van der Waals surface area contributed by atoms with Gasteiger partial charge in [0.15, 0.2) is 0 Å². The fraction of sp³-hybridized carbons (Fsp3) is 1.00. The predicted octanol–water partition coefficient (Wildman–Crippen LogP) is 4.53. The number of rotatable bonds is 8. The van der Waals surface area contributed by atoms with Crippen LogP contribution in [0.1, 0.15) is 86.5 Å². The molecular weight excluding hydrogens is 236 g/mol. The first kappa shape index (κ1) is 18.9. The zero-order valence-electron chi connectivity index (χ0n) is 14.0. The van der Waals surface area contributed by atoms with E-state index in [4.69, 9.17) is 0 Å². The molecule has 0 aromatic rings. The van der Waals surface area contributed by atoms with Gasteiger partial charge in [0, 0.05) is 0 Å². The Balaban J connectivity index is 3.47. The molecule has 0 aromatic heterocycles. The summed E-state index contributed by atoms with van der Waals surface area (Å²) in [6.07, 6.45) is 7.28. The standard InChI is InChI=1S/C17H36O2/c1-16(2,3)14(18)12-10-8-7-9-11-13-15(19)17(4,5)6/h14-15,18-19H,7-13H2,1-6H3. The first-order valence-corrected chi connectivity index (χ1v) is 7.91. The van der Waals surface area contributed by atoms with E-state index in [0.717, 1.165) is 25.7 Å². The molecule has 0 amide bonds. The lowest BCUT2D eigenvalue weighted by Crippen LogP contribution is -2.25. The van der Waals surface area contributed by atoms with Crippen LogP contribution in [0.5, 0.6) is 0 Å². The van der Waals surface area contributed by atoms with Gasteiger partial charge in [-0.3, -0.25) is 0 Å². The highest BCUT2D eigenvalue weighted by Crippen LogP contribution is 2.25. The lowest BCUT2D eigenvalue weighted by Gasteiger charge is -2.26. The van der Waals surface area contributed by atoms with E-state index in [9.17, 15) is 10.2 Å². The minimum absolute atomic E-state index is 0.0107. The average molecular weight is 272 g/mol. The molecule has 0 fully saturated rings. The lowest BCUT2D eigenvalue weighted by atomic mass is 9.85. The van der Waals surface area contributed by atoms with E-state index in [2.05, 4.69) is 41.5 Å². The number of hydrogen-bond acceptors (Lipinski definition) is 2. The molecule has 116 valence electrons. The van der Waals surface area contributed by atoms with E-state index in [0.29, 0.717) is 0 Å². The number of aliphatic hydroxyl groups is 2. The lowest BCUT2D eigenvalue weighted by molar-refractivity contribution is 0.0517. The molecule has 19 heavy (non-hydrogen) atoms. The smallest absolute Gasteiger partial charge is 0.0588 e. The second-order valence-electron chi connectivity index (χ2n) is 8.11. The molecule has 0 aliphatic rings. The Morgan fingerprint density at radius 1 is 0.579 bits per heavy atom. The van der Waals surface area contributed by atoms with Crippen LogP contribution < -0.4 is 0 Å². The largest absolute Gasteiger partial charge is 0.393 e. The van der Waals surface area contributed by atoms with Crippen molar-refractivity contribution < 1.29 is 10.2 Å². The second-order valence-corrected chi connectivity index (χ2v) is 8.11. The van der Waals surface area contributed by atoms with Gasteiger partial charge in [-0.15, -0.1) is 0 Å². The summed E-state index contributed by atoms with van der Waals surface area (Å²) < 4.78 is 0. The minimum Gasteiger partial charge on any atom is -0.393 e. The first-order chi connectivity index (χ1) is 8.55. The molecule has 2 N–H and O–H groups in total. The summed E-state index contributed by atoms with van der Waals surface area (Å²) in [5, 5.41) is 19.8. The summed E-state index contributed by atoms with van der Waals surface area (Å²) in [5.74, 6) is 0. The number of aliphatic hydroxyl groups excluding tert-OH is 2. The second kappa shape index (κ2) is 8.26. The average Bonchev–Trinajstić information content (AvgIpc) is 2.24. The van der Waals surface area contributed by atoms with Crippen molar-refractivity contribution in [2.24, 2.45) is 10.8 Å². The zero-order valence-corrected chi connectivity index (χ0v) is 14.0. The first-order valence-electron chi connectivity index (χ1n) is 7.91. The van der Waals surface area contributed by atoms with Gasteiger partial charge in [-0.05, 0) is 23.7 Å². The molecule has 0 rings (SSSR count). The molecule has 0 aliphatic heterocycles.